The van der Waals surface area contributed by atoms with E-state index in [1.165, 1.54) is 0 Å². The molecule has 1 rings (SSSR count). The van der Waals surface area contributed by atoms with Gasteiger partial charge in [0.2, 0.25) is 0 Å². The van der Waals surface area contributed by atoms with Crippen molar-refractivity contribution in [3.63, 3.8) is 0 Å². The smallest absolute Gasteiger partial charge is 0.182 e. The van der Waals surface area contributed by atoms with Crippen molar-refractivity contribution in [1.82, 2.24) is 4.90 Å². The van der Waals surface area contributed by atoms with E-state index in [2.05, 4.69) is 30.6 Å². The Morgan fingerprint density at radius 1 is 1.73 bits per heavy atom. The minimum absolute atomic E-state index is 0.412. The first kappa shape index (κ1) is 8.18. The van der Waals surface area contributed by atoms with Crippen molar-refractivity contribution in [2.45, 2.75) is 19.9 Å². The van der Waals surface area contributed by atoms with Crippen molar-refractivity contribution in [3.8, 4) is 0 Å². The van der Waals surface area contributed by atoms with E-state index in [1.807, 2.05) is 6.92 Å². The molecule has 1 unspecified atom stereocenters. The van der Waals surface area contributed by atoms with Crippen LogP contribution in [0.5, 0.6) is 0 Å². The third kappa shape index (κ3) is 1.76. The van der Waals surface area contributed by atoms with Crippen molar-refractivity contribution >= 4 is 0 Å². The van der Waals surface area contributed by atoms with Crippen LogP contribution in [0.2, 0.25) is 0 Å². The second-order valence-electron chi connectivity index (χ2n) is 2.70. The molecule has 2 heteroatoms. The molecule has 0 aromatic rings. The highest BCUT2D eigenvalue weighted by Crippen LogP contribution is 2.15. The van der Waals surface area contributed by atoms with Crippen LogP contribution in [0.4, 0.5) is 0 Å². The summed E-state index contributed by atoms with van der Waals surface area (Å²) in [5.74, 6) is 0.801. The van der Waals surface area contributed by atoms with Crippen molar-refractivity contribution in [1.29, 1.82) is 0 Å². The third-order valence-electron chi connectivity index (χ3n) is 1.88. The number of allylic oxidation sites excluding steroid dienone is 1. The van der Waals surface area contributed by atoms with Gasteiger partial charge >= 0.3 is 0 Å². The molecule has 0 radical (unpaired) electrons. The standard InChI is InChI=1S/C9H15NO/c1-4-5-8(2)10-6-7-11-9(10)3/h4-5,8H,3,6-7H2,1-2H3. The second kappa shape index (κ2) is 3.46. The molecule has 0 spiro atoms. The van der Waals surface area contributed by atoms with Crippen LogP contribution in [0, 0.1) is 0 Å². The average Bonchev–Trinajstić information content (AvgIpc) is 2.36. The van der Waals surface area contributed by atoms with Gasteiger partial charge in [-0.05, 0) is 20.4 Å². The Hall–Kier alpha value is -0.920. The Balaban J connectivity index is 2.52. The molecule has 0 N–H and O–H groups in total. The lowest BCUT2D eigenvalue weighted by Crippen LogP contribution is -2.26. The van der Waals surface area contributed by atoms with E-state index >= 15 is 0 Å². The highest BCUT2D eigenvalue weighted by Gasteiger charge is 2.19. The molecule has 0 amide bonds. The first-order valence-electron chi connectivity index (χ1n) is 3.97. The van der Waals surface area contributed by atoms with E-state index in [1.54, 1.807) is 0 Å². The van der Waals surface area contributed by atoms with Crippen LogP contribution in [-0.2, 0) is 4.74 Å². The van der Waals surface area contributed by atoms with Gasteiger partial charge in [0.1, 0.15) is 6.61 Å². The lowest BCUT2D eigenvalue weighted by molar-refractivity contribution is 0.227. The third-order valence-corrected chi connectivity index (χ3v) is 1.88. The molecule has 0 saturated carbocycles. The van der Waals surface area contributed by atoms with E-state index in [-0.39, 0.29) is 0 Å². The van der Waals surface area contributed by atoms with E-state index < -0.39 is 0 Å². The molecule has 1 saturated heterocycles. The fourth-order valence-electron chi connectivity index (χ4n) is 1.28. The van der Waals surface area contributed by atoms with Gasteiger partial charge in [0.05, 0.1) is 6.54 Å². The highest BCUT2D eigenvalue weighted by molar-refractivity contribution is 4.99. The largest absolute Gasteiger partial charge is 0.478 e. The molecule has 62 valence electrons. The Morgan fingerprint density at radius 3 is 2.91 bits per heavy atom. The summed E-state index contributed by atoms with van der Waals surface area (Å²) in [5.41, 5.74) is 0. The predicted molar refractivity (Wildman–Crippen MR) is 46.1 cm³/mol. The number of rotatable bonds is 2. The molecule has 1 atom stereocenters. The maximum atomic E-state index is 5.23. The van der Waals surface area contributed by atoms with E-state index in [4.69, 9.17) is 4.74 Å². The highest BCUT2D eigenvalue weighted by atomic mass is 16.5. The van der Waals surface area contributed by atoms with Crippen LogP contribution >= 0.6 is 0 Å². The molecular formula is C9H15NO. The maximum absolute atomic E-state index is 5.23. The molecule has 2 nitrogen and oxygen atoms in total. The van der Waals surface area contributed by atoms with Gasteiger partial charge in [-0.15, -0.1) is 0 Å². The summed E-state index contributed by atoms with van der Waals surface area (Å²) in [6.45, 7) is 9.71. The zero-order chi connectivity index (χ0) is 8.27. The van der Waals surface area contributed by atoms with E-state index in [0.717, 1.165) is 19.0 Å². The van der Waals surface area contributed by atoms with Gasteiger partial charge in [0.25, 0.3) is 0 Å². The van der Waals surface area contributed by atoms with E-state index in [0.29, 0.717) is 6.04 Å². The first-order valence-corrected chi connectivity index (χ1v) is 3.97. The molecule has 0 aliphatic carbocycles. The first-order chi connectivity index (χ1) is 5.25. The molecule has 1 aliphatic rings. The number of hydrogen-bond donors (Lipinski definition) is 0. The molecular weight excluding hydrogens is 138 g/mol. The predicted octanol–water partition coefficient (Wildman–Crippen LogP) is 1.75. The quantitative estimate of drug-likeness (QED) is 0.560. The van der Waals surface area contributed by atoms with Gasteiger partial charge in [0.15, 0.2) is 5.88 Å². The van der Waals surface area contributed by atoms with Crippen LogP contribution in [0.15, 0.2) is 24.6 Å². The summed E-state index contributed by atoms with van der Waals surface area (Å²) in [6, 6.07) is 0.412. The zero-order valence-electron chi connectivity index (χ0n) is 7.21. The fourth-order valence-corrected chi connectivity index (χ4v) is 1.28. The van der Waals surface area contributed by atoms with Crippen molar-refractivity contribution in [2.75, 3.05) is 13.2 Å². The van der Waals surface area contributed by atoms with Gasteiger partial charge < -0.3 is 9.64 Å². The van der Waals surface area contributed by atoms with Crippen LogP contribution in [0.25, 0.3) is 0 Å². The van der Waals surface area contributed by atoms with Crippen LogP contribution in [-0.4, -0.2) is 24.1 Å². The molecule has 0 bridgehead atoms. The van der Waals surface area contributed by atoms with E-state index in [9.17, 15) is 0 Å². The number of ether oxygens (including phenoxy) is 1. The Morgan fingerprint density at radius 2 is 2.45 bits per heavy atom. The Kier molecular flexibility index (Phi) is 2.58. The average molecular weight is 153 g/mol. The summed E-state index contributed by atoms with van der Waals surface area (Å²) >= 11 is 0. The van der Waals surface area contributed by atoms with Gasteiger partial charge in [-0.2, -0.15) is 0 Å². The minimum atomic E-state index is 0.412. The van der Waals surface area contributed by atoms with Crippen molar-refractivity contribution in [2.24, 2.45) is 0 Å². The molecule has 0 aromatic carbocycles. The summed E-state index contributed by atoms with van der Waals surface area (Å²) in [7, 11) is 0. The van der Waals surface area contributed by atoms with Crippen LogP contribution in [0.3, 0.4) is 0 Å². The molecule has 0 aromatic heterocycles. The summed E-state index contributed by atoms with van der Waals surface area (Å²) in [4.78, 5) is 2.15. The minimum Gasteiger partial charge on any atom is -0.478 e. The van der Waals surface area contributed by atoms with Gasteiger partial charge in [-0.25, -0.2) is 0 Å². The monoisotopic (exact) mass is 153 g/mol. The zero-order valence-corrected chi connectivity index (χ0v) is 7.21. The SMILES string of the molecule is C=C1OCCN1C(C)C=CC. The lowest BCUT2D eigenvalue weighted by Gasteiger charge is -2.21. The summed E-state index contributed by atoms with van der Waals surface area (Å²) < 4.78 is 5.23. The summed E-state index contributed by atoms with van der Waals surface area (Å²) in [5, 5.41) is 0. The normalized spacial score (nSPS) is 20.9. The molecule has 1 fully saturated rings. The van der Waals surface area contributed by atoms with Gasteiger partial charge in [-0.1, -0.05) is 12.2 Å². The Bertz CT molecular complexity index is 174. The lowest BCUT2D eigenvalue weighted by atomic mass is 10.3. The Labute approximate surface area is 68.1 Å². The van der Waals surface area contributed by atoms with Crippen molar-refractivity contribution in [3.05, 3.63) is 24.6 Å². The summed E-state index contributed by atoms with van der Waals surface area (Å²) in [6.07, 6.45) is 4.19. The van der Waals surface area contributed by atoms with Crippen molar-refractivity contribution < 1.29 is 4.74 Å². The number of hydrogen-bond acceptors (Lipinski definition) is 2. The second-order valence-corrected chi connectivity index (χ2v) is 2.70. The van der Waals surface area contributed by atoms with Gasteiger partial charge in [-0.3, -0.25) is 0 Å². The topological polar surface area (TPSA) is 12.5 Å². The van der Waals surface area contributed by atoms with Crippen LogP contribution in [0.1, 0.15) is 13.8 Å². The number of nitrogens with zero attached hydrogens (tertiary/aromatic N) is 1. The fraction of sp³-hybridized carbons (Fsp3) is 0.556. The van der Waals surface area contributed by atoms with Crippen LogP contribution < -0.4 is 0 Å². The molecule has 1 aliphatic heterocycles. The molecule has 1 heterocycles. The van der Waals surface area contributed by atoms with Gasteiger partial charge in [0, 0.05) is 6.04 Å². The maximum Gasteiger partial charge on any atom is 0.182 e. The molecule has 11 heavy (non-hydrogen) atoms.